The van der Waals surface area contributed by atoms with E-state index >= 15 is 0 Å². The fourth-order valence-corrected chi connectivity index (χ4v) is 3.32. The predicted molar refractivity (Wildman–Crippen MR) is 98.9 cm³/mol. The molecule has 2 heterocycles. The van der Waals surface area contributed by atoms with Gasteiger partial charge in [-0.3, -0.25) is 14.6 Å². The summed E-state index contributed by atoms with van der Waals surface area (Å²) in [6, 6.07) is 11.2. The summed E-state index contributed by atoms with van der Waals surface area (Å²) in [5.74, 6) is -0.0219. The molecule has 130 valence electrons. The van der Waals surface area contributed by atoms with E-state index in [1.807, 2.05) is 35.4 Å². The highest BCUT2D eigenvalue weighted by atomic mass is 32.2. The normalized spacial score (nSPS) is 15.0. The van der Waals surface area contributed by atoms with Crippen LogP contribution in [0.3, 0.4) is 0 Å². The van der Waals surface area contributed by atoms with Crippen LogP contribution < -0.4 is 5.32 Å². The van der Waals surface area contributed by atoms with Crippen molar-refractivity contribution in [2.45, 2.75) is 23.8 Å². The van der Waals surface area contributed by atoms with Crippen molar-refractivity contribution in [3.05, 3.63) is 59.9 Å². The number of carbonyl (C=O) groups is 2. The van der Waals surface area contributed by atoms with E-state index in [0.29, 0.717) is 24.2 Å². The highest BCUT2D eigenvalue weighted by molar-refractivity contribution is 7.98. The molecule has 0 bridgehead atoms. The number of aromatic nitrogens is 1. The third-order valence-electron chi connectivity index (χ3n) is 4.40. The van der Waals surface area contributed by atoms with E-state index in [-0.39, 0.29) is 17.9 Å². The summed E-state index contributed by atoms with van der Waals surface area (Å²) >= 11 is 1.65. The third-order valence-corrected chi connectivity index (χ3v) is 5.14. The van der Waals surface area contributed by atoms with Crippen molar-refractivity contribution < 1.29 is 9.59 Å². The van der Waals surface area contributed by atoms with Crippen molar-refractivity contribution in [2.24, 2.45) is 0 Å². The van der Waals surface area contributed by atoms with E-state index in [1.54, 1.807) is 36.3 Å². The second-order valence-electron chi connectivity index (χ2n) is 6.00. The third kappa shape index (κ3) is 4.39. The summed E-state index contributed by atoms with van der Waals surface area (Å²) in [4.78, 5) is 31.7. The average molecular weight is 355 g/mol. The van der Waals surface area contributed by atoms with Crippen LogP contribution in [0, 0.1) is 0 Å². The van der Waals surface area contributed by atoms with Gasteiger partial charge in [-0.15, -0.1) is 11.8 Å². The fourth-order valence-electron chi connectivity index (χ4n) is 2.92. The molecule has 1 N–H and O–H groups in total. The zero-order chi connectivity index (χ0) is 17.6. The molecule has 0 unspecified atom stereocenters. The van der Waals surface area contributed by atoms with E-state index in [9.17, 15) is 9.59 Å². The summed E-state index contributed by atoms with van der Waals surface area (Å²) in [7, 11) is 0. The van der Waals surface area contributed by atoms with Gasteiger partial charge in [0.25, 0.3) is 11.8 Å². The number of hydrogen-bond donors (Lipinski definition) is 1. The summed E-state index contributed by atoms with van der Waals surface area (Å²) < 4.78 is 0. The van der Waals surface area contributed by atoms with Crippen LogP contribution >= 0.6 is 11.8 Å². The molecule has 6 heteroatoms. The van der Waals surface area contributed by atoms with E-state index in [4.69, 9.17) is 0 Å². The minimum Gasteiger partial charge on any atom is -0.349 e. The number of benzene rings is 1. The molecule has 1 saturated heterocycles. The van der Waals surface area contributed by atoms with Gasteiger partial charge in [0.2, 0.25) is 0 Å². The molecule has 0 aliphatic carbocycles. The molecule has 1 aromatic carbocycles. The van der Waals surface area contributed by atoms with Crippen LogP contribution in [0.4, 0.5) is 0 Å². The number of hydrogen-bond acceptors (Lipinski definition) is 4. The Balaban J connectivity index is 1.52. The molecule has 0 spiro atoms. The molecule has 2 amide bonds. The van der Waals surface area contributed by atoms with Crippen LogP contribution in [0.5, 0.6) is 0 Å². The lowest BCUT2D eigenvalue weighted by molar-refractivity contribution is 0.0698. The van der Waals surface area contributed by atoms with Crippen LogP contribution in [0.15, 0.2) is 53.7 Å². The van der Waals surface area contributed by atoms with E-state index in [0.717, 1.165) is 17.7 Å². The smallest absolute Gasteiger partial charge is 0.253 e. The Morgan fingerprint density at radius 1 is 1.04 bits per heavy atom. The number of nitrogens with one attached hydrogen (secondary N) is 1. The van der Waals surface area contributed by atoms with E-state index < -0.39 is 0 Å². The number of thioether (sulfide) groups is 1. The van der Waals surface area contributed by atoms with E-state index in [1.165, 1.54) is 0 Å². The van der Waals surface area contributed by atoms with Gasteiger partial charge in [-0.1, -0.05) is 0 Å². The monoisotopic (exact) mass is 355 g/mol. The molecular formula is C19H21N3O2S. The molecule has 0 radical (unpaired) electrons. The quantitative estimate of drug-likeness (QED) is 0.857. The Morgan fingerprint density at radius 2 is 1.68 bits per heavy atom. The lowest BCUT2D eigenvalue weighted by atomic mass is 10.0. The molecular weight excluding hydrogens is 334 g/mol. The SMILES string of the molecule is CSc1ccc(C(=O)NC2CCN(C(=O)c3ccncc3)CC2)cc1. The van der Waals surface area contributed by atoms with Crippen LogP contribution in [0.1, 0.15) is 33.6 Å². The maximum Gasteiger partial charge on any atom is 0.253 e. The fraction of sp³-hybridized carbons (Fsp3) is 0.316. The van der Waals surface area contributed by atoms with Crippen molar-refractivity contribution in [3.8, 4) is 0 Å². The highest BCUT2D eigenvalue weighted by Gasteiger charge is 2.24. The topological polar surface area (TPSA) is 62.3 Å². The first-order chi connectivity index (χ1) is 12.2. The van der Waals surface area contributed by atoms with Gasteiger partial charge in [-0.05, 0) is 55.5 Å². The summed E-state index contributed by atoms with van der Waals surface area (Å²) in [5, 5.41) is 3.08. The van der Waals surface area contributed by atoms with Gasteiger partial charge in [0.1, 0.15) is 0 Å². The van der Waals surface area contributed by atoms with Crippen molar-refractivity contribution in [1.82, 2.24) is 15.2 Å². The summed E-state index contributed by atoms with van der Waals surface area (Å²) in [6.45, 7) is 1.30. The minimum absolute atomic E-state index is 0.0276. The van der Waals surface area contributed by atoms with Gasteiger partial charge in [0.05, 0.1) is 0 Å². The Morgan fingerprint density at radius 3 is 2.28 bits per heavy atom. The molecule has 0 saturated carbocycles. The maximum atomic E-state index is 12.4. The minimum atomic E-state index is -0.0495. The first-order valence-electron chi connectivity index (χ1n) is 8.31. The number of piperidine rings is 1. The zero-order valence-electron chi connectivity index (χ0n) is 14.1. The number of nitrogens with zero attached hydrogens (tertiary/aromatic N) is 2. The number of amides is 2. The van der Waals surface area contributed by atoms with Crippen molar-refractivity contribution >= 4 is 23.6 Å². The zero-order valence-corrected chi connectivity index (χ0v) is 15.0. The molecule has 0 atom stereocenters. The van der Waals surface area contributed by atoms with Crippen molar-refractivity contribution in [1.29, 1.82) is 0 Å². The number of likely N-dealkylation sites (tertiary alicyclic amines) is 1. The Kier molecular flexibility index (Phi) is 5.71. The second-order valence-corrected chi connectivity index (χ2v) is 6.88. The maximum absolute atomic E-state index is 12.4. The lowest BCUT2D eigenvalue weighted by Crippen LogP contribution is -2.46. The molecule has 25 heavy (non-hydrogen) atoms. The van der Waals surface area contributed by atoms with Gasteiger partial charge in [0, 0.05) is 47.5 Å². The molecule has 1 aliphatic heterocycles. The van der Waals surface area contributed by atoms with Crippen LogP contribution in [-0.2, 0) is 0 Å². The molecule has 1 fully saturated rings. The standard InChI is InChI=1S/C19H21N3O2S/c1-25-17-4-2-14(3-5-17)18(23)21-16-8-12-22(13-9-16)19(24)15-6-10-20-11-7-15/h2-7,10-11,16H,8-9,12-13H2,1H3,(H,21,23). The molecule has 3 rings (SSSR count). The first kappa shape index (κ1) is 17.5. The first-order valence-corrected chi connectivity index (χ1v) is 9.54. The Labute approximate surface area is 151 Å². The molecule has 2 aromatic rings. The van der Waals surface area contributed by atoms with Crippen LogP contribution in [0.2, 0.25) is 0 Å². The van der Waals surface area contributed by atoms with Crippen molar-refractivity contribution in [2.75, 3.05) is 19.3 Å². The lowest BCUT2D eigenvalue weighted by Gasteiger charge is -2.32. The highest BCUT2D eigenvalue weighted by Crippen LogP contribution is 2.17. The molecule has 5 nitrogen and oxygen atoms in total. The summed E-state index contributed by atoms with van der Waals surface area (Å²) in [6.07, 6.45) is 6.80. The number of carbonyl (C=O) groups excluding carboxylic acids is 2. The van der Waals surface area contributed by atoms with Gasteiger partial charge < -0.3 is 10.2 Å². The van der Waals surface area contributed by atoms with Crippen molar-refractivity contribution in [3.63, 3.8) is 0 Å². The van der Waals surface area contributed by atoms with Gasteiger partial charge >= 0.3 is 0 Å². The molecule has 1 aromatic heterocycles. The Hall–Kier alpha value is -2.34. The van der Waals surface area contributed by atoms with Crippen LogP contribution in [0.25, 0.3) is 0 Å². The van der Waals surface area contributed by atoms with Gasteiger partial charge in [0.15, 0.2) is 0 Å². The Bertz CT molecular complexity index is 726. The average Bonchev–Trinajstić information content (AvgIpc) is 2.68. The second kappa shape index (κ2) is 8.16. The molecule has 1 aliphatic rings. The largest absolute Gasteiger partial charge is 0.349 e. The summed E-state index contributed by atoms with van der Waals surface area (Å²) in [5.41, 5.74) is 1.33. The number of pyridine rings is 1. The van der Waals surface area contributed by atoms with Crippen LogP contribution in [-0.4, -0.2) is 47.1 Å². The van der Waals surface area contributed by atoms with E-state index in [2.05, 4.69) is 10.3 Å². The predicted octanol–water partition coefficient (Wildman–Crippen LogP) is 2.84. The van der Waals surface area contributed by atoms with Gasteiger partial charge in [-0.2, -0.15) is 0 Å². The number of rotatable bonds is 4. The van der Waals surface area contributed by atoms with Gasteiger partial charge in [-0.25, -0.2) is 0 Å².